The van der Waals surface area contributed by atoms with E-state index in [0.717, 1.165) is 12.1 Å². The maximum atomic E-state index is 13.9. The first-order chi connectivity index (χ1) is 10.9. The minimum absolute atomic E-state index is 0.0664. The summed E-state index contributed by atoms with van der Waals surface area (Å²) in [5.74, 6) is -1.65. The molecule has 23 heavy (non-hydrogen) atoms. The Labute approximate surface area is 131 Å². The zero-order chi connectivity index (χ0) is 16.7. The average Bonchev–Trinajstić information content (AvgIpc) is 2.93. The number of pyridine rings is 1. The van der Waals surface area contributed by atoms with Crippen molar-refractivity contribution in [3.8, 4) is 0 Å². The lowest BCUT2D eigenvalue weighted by molar-refractivity contribution is 0.103. The lowest BCUT2D eigenvalue weighted by atomic mass is 10.0. The normalized spacial score (nSPS) is 16.3. The minimum Gasteiger partial charge on any atom is -0.369 e. The van der Waals surface area contributed by atoms with Crippen LogP contribution in [0.2, 0.25) is 0 Å². The summed E-state index contributed by atoms with van der Waals surface area (Å²) in [6.45, 7) is 4.51. The van der Waals surface area contributed by atoms with E-state index in [0.29, 0.717) is 18.4 Å². The molecule has 1 N–H and O–H groups in total. The highest BCUT2D eigenvalue weighted by molar-refractivity contribution is 6.12. The van der Waals surface area contributed by atoms with Gasteiger partial charge in [0.2, 0.25) is 0 Å². The molecule has 1 unspecified atom stereocenters. The summed E-state index contributed by atoms with van der Waals surface area (Å²) in [4.78, 5) is 24.7. The number of benzene rings is 1. The van der Waals surface area contributed by atoms with Crippen molar-refractivity contribution >= 4 is 11.6 Å². The van der Waals surface area contributed by atoms with Gasteiger partial charge in [-0.2, -0.15) is 0 Å². The molecule has 0 saturated heterocycles. The zero-order valence-electron chi connectivity index (χ0n) is 12.8. The zero-order valence-corrected chi connectivity index (χ0v) is 12.8. The Kier molecular flexibility index (Phi) is 3.75. The number of hydrogen-bond donors (Lipinski definition) is 1. The van der Waals surface area contributed by atoms with Gasteiger partial charge in [0.1, 0.15) is 17.5 Å². The molecule has 0 bridgehead atoms. The average molecular weight is 318 g/mol. The van der Waals surface area contributed by atoms with Gasteiger partial charge in [0.15, 0.2) is 5.78 Å². The number of aromatic nitrogens is 1. The van der Waals surface area contributed by atoms with Crippen LogP contribution in [-0.2, 0) is 0 Å². The van der Waals surface area contributed by atoms with Gasteiger partial charge < -0.3 is 5.32 Å². The van der Waals surface area contributed by atoms with E-state index in [2.05, 4.69) is 5.32 Å². The van der Waals surface area contributed by atoms with Crippen LogP contribution >= 0.6 is 0 Å². The third kappa shape index (κ3) is 2.54. The highest BCUT2D eigenvalue weighted by Gasteiger charge is 2.30. The van der Waals surface area contributed by atoms with Gasteiger partial charge in [0.25, 0.3) is 5.56 Å². The smallest absolute Gasteiger partial charge is 0.252 e. The van der Waals surface area contributed by atoms with Crippen molar-refractivity contribution in [2.75, 3.05) is 11.9 Å². The fourth-order valence-corrected chi connectivity index (χ4v) is 2.89. The Morgan fingerprint density at radius 1 is 1.22 bits per heavy atom. The molecular weight excluding hydrogens is 302 g/mol. The second-order valence-electron chi connectivity index (χ2n) is 5.95. The standard InChI is InChI=1S/C17H16F2N2O2/c1-9(2)14-8-20-17-12(5-6-15(22)21(14)17)16(23)11-4-3-10(18)7-13(11)19/h3-7,9,14,20H,8H2,1-2H3. The van der Waals surface area contributed by atoms with Gasteiger partial charge in [0.05, 0.1) is 17.2 Å². The monoisotopic (exact) mass is 318 g/mol. The van der Waals surface area contributed by atoms with Gasteiger partial charge in [-0.05, 0) is 24.1 Å². The van der Waals surface area contributed by atoms with E-state index in [1.165, 1.54) is 12.1 Å². The Morgan fingerprint density at radius 2 is 1.91 bits per heavy atom. The van der Waals surface area contributed by atoms with Gasteiger partial charge in [-0.1, -0.05) is 13.8 Å². The number of halogens is 2. The van der Waals surface area contributed by atoms with Crippen LogP contribution in [0.15, 0.2) is 35.1 Å². The van der Waals surface area contributed by atoms with Crippen molar-refractivity contribution in [1.29, 1.82) is 0 Å². The van der Waals surface area contributed by atoms with Crippen molar-refractivity contribution < 1.29 is 13.6 Å². The molecule has 1 aromatic carbocycles. The van der Waals surface area contributed by atoms with Crippen LogP contribution in [0.5, 0.6) is 0 Å². The first-order valence-electron chi connectivity index (χ1n) is 7.39. The molecule has 3 rings (SSSR count). The topological polar surface area (TPSA) is 51.1 Å². The number of nitrogens with zero attached hydrogens (tertiary/aromatic N) is 1. The summed E-state index contributed by atoms with van der Waals surface area (Å²) < 4.78 is 28.4. The molecule has 0 spiro atoms. The molecule has 0 radical (unpaired) electrons. The Bertz CT molecular complexity index is 843. The molecule has 4 nitrogen and oxygen atoms in total. The maximum Gasteiger partial charge on any atom is 0.252 e. The van der Waals surface area contributed by atoms with Gasteiger partial charge >= 0.3 is 0 Å². The predicted molar refractivity (Wildman–Crippen MR) is 82.9 cm³/mol. The SMILES string of the molecule is CC(C)C1CNc2c(C(=O)c3ccc(F)cc3F)ccc(=O)n21. The third-order valence-corrected chi connectivity index (χ3v) is 4.13. The van der Waals surface area contributed by atoms with E-state index in [1.807, 2.05) is 13.8 Å². The first-order valence-corrected chi connectivity index (χ1v) is 7.39. The number of anilines is 1. The molecule has 2 aromatic rings. The summed E-state index contributed by atoms with van der Waals surface area (Å²) in [6.07, 6.45) is 0. The second kappa shape index (κ2) is 5.61. The fraction of sp³-hybridized carbons (Fsp3) is 0.294. The van der Waals surface area contributed by atoms with Crippen molar-refractivity contribution in [2.24, 2.45) is 5.92 Å². The Hall–Kier alpha value is -2.50. The lowest BCUT2D eigenvalue weighted by Crippen LogP contribution is -2.26. The van der Waals surface area contributed by atoms with E-state index in [1.54, 1.807) is 4.57 Å². The molecule has 0 amide bonds. The van der Waals surface area contributed by atoms with Crippen LogP contribution in [0.1, 0.15) is 35.8 Å². The van der Waals surface area contributed by atoms with E-state index in [4.69, 9.17) is 0 Å². The minimum atomic E-state index is -0.918. The molecule has 0 aliphatic carbocycles. The summed E-state index contributed by atoms with van der Waals surface area (Å²) in [6, 6.07) is 5.45. The van der Waals surface area contributed by atoms with Gasteiger partial charge in [0, 0.05) is 18.7 Å². The van der Waals surface area contributed by atoms with Crippen LogP contribution in [-0.4, -0.2) is 16.9 Å². The fourth-order valence-electron chi connectivity index (χ4n) is 2.89. The Morgan fingerprint density at radius 3 is 2.57 bits per heavy atom. The summed E-state index contributed by atoms with van der Waals surface area (Å²) in [5, 5.41) is 3.07. The largest absolute Gasteiger partial charge is 0.369 e. The van der Waals surface area contributed by atoms with Crippen LogP contribution in [0.3, 0.4) is 0 Å². The summed E-state index contributed by atoms with van der Waals surface area (Å²) >= 11 is 0. The molecule has 120 valence electrons. The molecule has 0 saturated carbocycles. The lowest BCUT2D eigenvalue weighted by Gasteiger charge is -2.17. The van der Waals surface area contributed by atoms with Crippen molar-refractivity contribution in [3.63, 3.8) is 0 Å². The molecule has 1 atom stereocenters. The quantitative estimate of drug-likeness (QED) is 0.885. The van der Waals surface area contributed by atoms with Crippen molar-refractivity contribution in [3.05, 3.63) is 63.4 Å². The summed E-state index contributed by atoms with van der Waals surface area (Å²) in [7, 11) is 0. The number of carbonyl (C=O) groups excluding carboxylic acids is 1. The number of hydrogen-bond acceptors (Lipinski definition) is 3. The maximum absolute atomic E-state index is 13.9. The van der Waals surface area contributed by atoms with E-state index < -0.39 is 17.4 Å². The molecule has 2 heterocycles. The van der Waals surface area contributed by atoms with E-state index >= 15 is 0 Å². The molecule has 1 aromatic heterocycles. The summed E-state index contributed by atoms with van der Waals surface area (Å²) in [5.41, 5.74) is -0.222. The van der Waals surface area contributed by atoms with Crippen LogP contribution in [0, 0.1) is 17.6 Å². The van der Waals surface area contributed by atoms with E-state index in [-0.39, 0.29) is 28.6 Å². The van der Waals surface area contributed by atoms with Crippen LogP contribution in [0.4, 0.5) is 14.6 Å². The first kappa shape index (κ1) is 15.4. The number of rotatable bonds is 3. The molecule has 0 fully saturated rings. The highest BCUT2D eigenvalue weighted by atomic mass is 19.1. The van der Waals surface area contributed by atoms with Crippen LogP contribution in [0.25, 0.3) is 0 Å². The molecule has 1 aliphatic heterocycles. The Balaban J connectivity index is 2.12. The molecular formula is C17H16F2N2O2. The number of fused-ring (bicyclic) bond motifs is 1. The van der Waals surface area contributed by atoms with Crippen LogP contribution < -0.4 is 10.9 Å². The van der Waals surface area contributed by atoms with Gasteiger partial charge in [-0.3, -0.25) is 14.2 Å². The molecule has 1 aliphatic rings. The highest BCUT2D eigenvalue weighted by Crippen LogP contribution is 2.30. The third-order valence-electron chi connectivity index (χ3n) is 4.13. The van der Waals surface area contributed by atoms with Crippen molar-refractivity contribution in [2.45, 2.75) is 19.9 Å². The second-order valence-corrected chi connectivity index (χ2v) is 5.95. The predicted octanol–water partition coefficient (Wildman–Crippen LogP) is 2.98. The van der Waals surface area contributed by atoms with E-state index in [9.17, 15) is 18.4 Å². The molecule has 6 heteroatoms. The number of carbonyl (C=O) groups is 1. The van der Waals surface area contributed by atoms with Crippen molar-refractivity contribution in [1.82, 2.24) is 4.57 Å². The van der Waals surface area contributed by atoms with Gasteiger partial charge in [-0.15, -0.1) is 0 Å². The number of nitrogens with one attached hydrogen (secondary N) is 1. The number of ketones is 1. The van der Waals surface area contributed by atoms with Gasteiger partial charge in [-0.25, -0.2) is 8.78 Å².